The molecule has 0 atom stereocenters. The number of nitrogens with one attached hydrogen (secondary N) is 1. The largest absolute Gasteiger partial charge is 0.397 e. The Morgan fingerprint density at radius 2 is 1.41 bits per heavy atom. The van der Waals surface area contributed by atoms with Crippen molar-refractivity contribution in [1.29, 1.82) is 0 Å². The van der Waals surface area contributed by atoms with Gasteiger partial charge >= 0.3 is 0 Å². The van der Waals surface area contributed by atoms with Crippen molar-refractivity contribution < 1.29 is 0 Å². The maximum Gasteiger partial charge on any atom is 0.0568 e. The van der Waals surface area contributed by atoms with Crippen LogP contribution in [0.2, 0.25) is 0 Å². The second-order valence-corrected chi connectivity index (χ2v) is 4.35. The molecule has 5 N–H and O–H groups in total. The third kappa shape index (κ3) is 2.69. The highest BCUT2D eigenvalue weighted by Gasteiger charge is 1.99. The SMILES string of the molecule is Cc1cc(C)cc(Nc2ccc(N)c(N)c2)c1. The van der Waals surface area contributed by atoms with Gasteiger partial charge in [-0.2, -0.15) is 0 Å². The Labute approximate surface area is 101 Å². The quantitative estimate of drug-likeness (QED) is 0.690. The number of nitrogens with two attached hydrogens (primary N) is 2. The molecule has 0 spiro atoms. The highest BCUT2D eigenvalue weighted by atomic mass is 14.9. The van der Waals surface area contributed by atoms with Crippen LogP contribution in [0.15, 0.2) is 36.4 Å². The molecule has 0 aliphatic heterocycles. The Balaban J connectivity index is 2.28. The zero-order valence-electron chi connectivity index (χ0n) is 10.1. The molecule has 0 aromatic heterocycles. The molecule has 0 saturated heterocycles. The minimum Gasteiger partial charge on any atom is -0.397 e. The smallest absolute Gasteiger partial charge is 0.0568 e. The van der Waals surface area contributed by atoms with Gasteiger partial charge in [0.15, 0.2) is 0 Å². The van der Waals surface area contributed by atoms with Gasteiger partial charge in [0.1, 0.15) is 0 Å². The summed E-state index contributed by atoms with van der Waals surface area (Å²) >= 11 is 0. The van der Waals surface area contributed by atoms with Crippen LogP contribution in [0, 0.1) is 13.8 Å². The van der Waals surface area contributed by atoms with Crippen LogP contribution in [0.3, 0.4) is 0 Å². The Kier molecular flexibility index (Phi) is 2.91. The first-order valence-electron chi connectivity index (χ1n) is 5.55. The molecular formula is C14H17N3. The first-order chi connectivity index (χ1) is 8.04. The molecule has 3 nitrogen and oxygen atoms in total. The van der Waals surface area contributed by atoms with E-state index in [0.717, 1.165) is 11.4 Å². The van der Waals surface area contributed by atoms with Gasteiger partial charge in [0, 0.05) is 11.4 Å². The van der Waals surface area contributed by atoms with Crippen LogP contribution in [-0.4, -0.2) is 0 Å². The highest BCUT2D eigenvalue weighted by Crippen LogP contribution is 2.24. The van der Waals surface area contributed by atoms with Gasteiger partial charge in [0.2, 0.25) is 0 Å². The summed E-state index contributed by atoms with van der Waals surface area (Å²) in [6, 6.07) is 11.9. The summed E-state index contributed by atoms with van der Waals surface area (Å²) in [5, 5.41) is 3.32. The number of nitrogen functional groups attached to an aromatic ring is 2. The fourth-order valence-electron chi connectivity index (χ4n) is 1.87. The lowest BCUT2D eigenvalue weighted by Gasteiger charge is -2.10. The summed E-state index contributed by atoms with van der Waals surface area (Å²) in [5.41, 5.74) is 17.1. The molecule has 2 rings (SSSR count). The van der Waals surface area contributed by atoms with E-state index in [1.165, 1.54) is 11.1 Å². The van der Waals surface area contributed by atoms with E-state index in [-0.39, 0.29) is 0 Å². The van der Waals surface area contributed by atoms with Gasteiger partial charge in [-0.15, -0.1) is 0 Å². The molecular weight excluding hydrogens is 210 g/mol. The monoisotopic (exact) mass is 227 g/mol. The van der Waals surface area contributed by atoms with Gasteiger partial charge in [0.05, 0.1) is 11.4 Å². The van der Waals surface area contributed by atoms with Crippen molar-refractivity contribution >= 4 is 22.7 Å². The number of rotatable bonds is 2. The van der Waals surface area contributed by atoms with E-state index in [1.54, 1.807) is 6.07 Å². The highest BCUT2D eigenvalue weighted by molar-refractivity contribution is 5.72. The first-order valence-corrected chi connectivity index (χ1v) is 5.55. The average Bonchev–Trinajstić information content (AvgIpc) is 2.22. The fraction of sp³-hybridized carbons (Fsp3) is 0.143. The van der Waals surface area contributed by atoms with Crippen LogP contribution in [0.4, 0.5) is 22.7 Å². The second-order valence-electron chi connectivity index (χ2n) is 4.35. The number of aryl methyl sites for hydroxylation is 2. The fourth-order valence-corrected chi connectivity index (χ4v) is 1.87. The molecule has 2 aromatic carbocycles. The molecule has 0 saturated carbocycles. The van der Waals surface area contributed by atoms with E-state index in [9.17, 15) is 0 Å². The van der Waals surface area contributed by atoms with Crippen LogP contribution < -0.4 is 16.8 Å². The molecule has 0 amide bonds. The van der Waals surface area contributed by atoms with Crippen LogP contribution in [-0.2, 0) is 0 Å². The van der Waals surface area contributed by atoms with E-state index in [4.69, 9.17) is 11.5 Å². The number of benzene rings is 2. The maximum atomic E-state index is 5.77. The van der Waals surface area contributed by atoms with E-state index < -0.39 is 0 Å². The van der Waals surface area contributed by atoms with Crippen molar-refractivity contribution in [2.24, 2.45) is 0 Å². The van der Waals surface area contributed by atoms with Gasteiger partial charge < -0.3 is 16.8 Å². The number of hydrogen-bond donors (Lipinski definition) is 3. The van der Waals surface area contributed by atoms with Gasteiger partial charge in [0.25, 0.3) is 0 Å². The third-order valence-corrected chi connectivity index (χ3v) is 2.60. The van der Waals surface area contributed by atoms with Crippen LogP contribution in [0.1, 0.15) is 11.1 Å². The molecule has 17 heavy (non-hydrogen) atoms. The second kappa shape index (κ2) is 4.37. The molecule has 0 radical (unpaired) electrons. The Morgan fingerprint density at radius 1 is 0.765 bits per heavy atom. The zero-order chi connectivity index (χ0) is 12.4. The number of anilines is 4. The lowest BCUT2D eigenvalue weighted by Crippen LogP contribution is -1.97. The third-order valence-electron chi connectivity index (χ3n) is 2.60. The summed E-state index contributed by atoms with van der Waals surface area (Å²) in [6.45, 7) is 4.16. The molecule has 0 aliphatic carbocycles. The summed E-state index contributed by atoms with van der Waals surface area (Å²) in [4.78, 5) is 0. The normalized spacial score (nSPS) is 10.2. The minimum atomic E-state index is 0.597. The Bertz CT molecular complexity index is 527. The summed E-state index contributed by atoms with van der Waals surface area (Å²) in [7, 11) is 0. The molecule has 2 aromatic rings. The summed E-state index contributed by atoms with van der Waals surface area (Å²) < 4.78 is 0. The van der Waals surface area contributed by atoms with Crippen molar-refractivity contribution in [2.45, 2.75) is 13.8 Å². The predicted molar refractivity (Wildman–Crippen MR) is 74.5 cm³/mol. The van der Waals surface area contributed by atoms with E-state index in [0.29, 0.717) is 11.4 Å². The molecule has 3 heteroatoms. The van der Waals surface area contributed by atoms with Gasteiger partial charge in [-0.1, -0.05) is 6.07 Å². The van der Waals surface area contributed by atoms with E-state index in [1.807, 2.05) is 12.1 Å². The lowest BCUT2D eigenvalue weighted by molar-refractivity contribution is 1.37. The molecule has 0 aliphatic rings. The molecule has 0 unspecified atom stereocenters. The van der Waals surface area contributed by atoms with Crippen molar-refractivity contribution in [3.63, 3.8) is 0 Å². The summed E-state index contributed by atoms with van der Waals surface area (Å²) in [6.07, 6.45) is 0. The molecule has 0 fully saturated rings. The Hall–Kier alpha value is -2.16. The van der Waals surface area contributed by atoms with Crippen molar-refractivity contribution in [3.05, 3.63) is 47.5 Å². The summed E-state index contributed by atoms with van der Waals surface area (Å²) in [5.74, 6) is 0. The van der Waals surface area contributed by atoms with Crippen LogP contribution >= 0.6 is 0 Å². The van der Waals surface area contributed by atoms with Gasteiger partial charge in [-0.25, -0.2) is 0 Å². The Morgan fingerprint density at radius 3 is 2.00 bits per heavy atom. The topological polar surface area (TPSA) is 64.1 Å². The lowest BCUT2D eigenvalue weighted by atomic mass is 10.1. The van der Waals surface area contributed by atoms with Crippen LogP contribution in [0.5, 0.6) is 0 Å². The predicted octanol–water partition coefficient (Wildman–Crippen LogP) is 3.21. The minimum absolute atomic E-state index is 0.597. The average molecular weight is 227 g/mol. The van der Waals surface area contributed by atoms with Crippen molar-refractivity contribution in [1.82, 2.24) is 0 Å². The molecule has 88 valence electrons. The zero-order valence-corrected chi connectivity index (χ0v) is 10.1. The van der Waals surface area contributed by atoms with E-state index >= 15 is 0 Å². The number of hydrogen-bond acceptors (Lipinski definition) is 3. The van der Waals surface area contributed by atoms with Gasteiger partial charge in [-0.3, -0.25) is 0 Å². The first kappa shape index (κ1) is 11.3. The maximum absolute atomic E-state index is 5.77. The van der Waals surface area contributed by atoms with Crippen molar-refractivity contribution in [3.8, 4) is 0 Å². The van der Waals surface area contributed by atoms with Crippen LogP contribution in [0.25, 0.3) is 0 Å². The molecule has 0 bridgehead atoms. The van der Waals surface area contributed by atoms with E-state index in [2.05, 4.69) is 37.4 Å². The molecule has 0 heterocycles. The van der Waals surface area contributed by atoms with Gasteiger partial charge in [-0.05, 0) is 55.3 Å². The van der Waals surface area contributed by atoms with Crippen molar-refractivity contribution in [2.75, 3.05) is 16.8 Å². The standard InChI is InChI=1S/C14H17N3/c1-9-5-10(2)7-12(6-9)17-11-3-4-13(15)14(16)8-11/h3-8,17H,15-16H2,1-2H3.